The van der Waals surface area contributed by atoms with Gasteiger partial charge in [-0.1, -0.05) is 24.9 Å². The number of thiophene rings is 1. The molecule has 0 fully saturated rings. The van der Waals surface area contributed by atoms with Crippen LogP contribution in [0.25, 0.3) is 0 Å². The Morgan fingerprint density at radius 2 is 2.05 bits per heavy atom. The van der Waals surface area contributed by atoms with Crippen LogP contribution in [-0.4, -0.2) is 17.0 Å². The molecule has 2 rings (SSSR count). The zero-order chi connectivity index (χ0) is 14.5. The van der Waals surface area contributed by atoms with Crippen molar-refractivity contribution in [3.63, 3.8) is 0 Å². The van der Waals surface area contributed by atoms with Gasteiger partial charge in [-0.3, -0.25) is 0 Å². The van der Waals surface area contributed by atoms with Crippen LogP contribution < -0.4 is 10.6 Å². The molecule has 0 saturated heterocycles. The first-order valence-corrected chi connectivity index (χ1v) is 7.88. The highest BCUT2D eigenvalue weighted by atomic mass is 35.5. The number of nitrogens with one attached hydrogen (secondary N) is 2. The van der Waals surface area contributed by atoms with Crippen molar-refractivity contribution in [3.05, 3.63) is 33.2 Å². The molecule has 0 aliphatic carbocycles. The maximum atomic E-state index is 5.99. The fourth-order valence-corrected chi connectivity index (χ4v) is 3.14. The van der Waals surface area contributed by atoms with Gasteiger partial charge in [-0.05, 0) is 25.5 Å². The number of hydrogen-bond acceptors (Lipinski definition) is 5. The van der Waals surface area contributed by atoms with Gasteiger partial charge in [0.25, 0.3) is 0 Å². The summed E-state index contributed by atoms with van der Waals surface area (Å²) in [5, 5.41) is 6.59. The average molecular weight is 311 g/mol. The van der Waals surface area contributed by atoms with E-state index in [0.29, 0.717) is 0 Å². The van der Waals surface area contributed by atoms with Crippen molar-refractivity contribution in [2.45, 2.75) is 32.7 Å². The molecule has 108 valence electrons. The van der Waals surface area contributed by atoms with E-state index >= 15 is 0 Å². The molecule has 0 spiro atoms. The molecule has 1 atom stereocenters. The average Bonchev–Trinajstić information content (AvgIpc) is 2.87. The monoisotopic (exact) mass is 310 g/mol. The summed E-state index contributed by atoms with van der Waals surface area (Å²) in [4.78, 5) is 9.86. The number of rotatable bonds is 6. The van der Waals surface area contributed by atoms with Crippen LogP contribution in [0.5, 0.6) is 0 Å². The lowest BCUT2D eigenvalue weighted by Crippen LogP contribution is -2.11. The maximum absolute atomic E-state index is 5.99. The van der Waals surface area contributed by atoms with E-state index in [-0.39, 0.29) is 6.04 Å². The fourth-order valence-electron chi connectivity index (χ4n) is 2.08. The van der Waals surface area contributed by atoms with Gasteiger partial charge in [-0.15, -0.1) is 11.3 Å². The highest BCUT2D eigenvalue weighted by Gasteiger charge is 2.14. The van der Waals surface area contributed by atoms with E-state index in [9.17, 15) is 0 Å². The SMILES string of the molecule is CCCc1c(NC)ncnc1NC(C)c1ccc(Cl)s1. The van der Waals surface area contributed by atoms with Gasteiger partial charge in [0.2, 0.25) is 0 Å². The summed E-state index contributed by atoms with van der Waals surface area (Å²) in [6, 6.07) is 4.14. The molecule has 4 nitrogen and oxygen atoms in total. The number of hydrogen-bond donors (Lipinski definition) is 2. The van der Waals surface area contributed by atoms with E-state index < -0.39 is 0 Å². The number of aromatic nitrogens is 2. The summed E-state index contributed by atoms with van der Waals surface area (Å²) in [7, 11) is 1.88. The summed E-state index contributed by atoms with van der Waals surface area (Å²) < 4.78 is 0.807. The Morgan fingerprint density at radius 3 is 2.65 bits per heavy atom. The van der Waals surface area contributed by atoms with Crippen LogP contribution in [-0.2, 0) is 6.42 Å². The van der Waals surface area contributed by atoms with Crippen LogP contribution in [0.2, 0.25) is 4.34 Å². The summed E-state index contributed by atoms with van der Waals surface area (Å²) in [5.41, 5.74) is 1.13. The van der Waals surface area contributed by atoms with E-state index in [2.05, 4.69) is 34.4 Å². The molecule has 2 aromatic rings. The van der Waals surface area contributed by atoms with Crippen LogP contribution >= 0.6 is 22.9 Å². The quantitative estimate of drug-likeness (QED) is 0.832. The van der Waals surface area contributed by atoms with Crippen LogP contribution in [0, 0.1) is 0 Å². The molecular formula is C14H19ClN4S. The Labute approximate surface area is 128 Å². The number of anilines is 2. The third kappa shape index (κ3) is 3.41. The first-order chi connectivity index (χ1) is 9.65. The molecule has 2 N–H and O–H groups in total. The lowest BCUT2D eigenvalue weighted by Gasteiger charge is -2.17. The van der Waals surface area contributed by atoms with Crippen LogP contribution in [0.4, 0.5) is 11.6 Å². The molecule has 2 heterocycles. The first kappa shape index (κ1) is 15.1. The predicted octanol–water partition coefficient (Wildman–Crippen LogP) is 4.36. The maximum Gasteiger partial charge on any atom is 0.135 e. The normalized spacial score (nSPS) is 12.2. The van der Waals surface area contributed by atoms with Crippen LogP contribution in [0.1, 0.15) is 36.8 Å². The molecule has 1 unspecified atom stereocenters. The molecule has 0 aliphatic heterocycles. The molecule has 0 radical (unpaired) electrons. The van der Waals surface area contributed by atoms with Gasteiger partial charge in [0.05, 0.1) is 10.4 Å². The molecule has 2 aromatic heterocycles. The fraction of sp³-hybridized carbons (Fsp3) is 0.429. The zero-order valence-corrected chi connectivity index (χ0v) is 13.5. The van der Waals surface area contributed by atoms with E-state index in [1.807, 2.05) is 19.2 Å². The smallest absolute Gasteiger partial charge is 0.135 e. The van der Waals surface area contributed by atoms with Gasteiger partial charge in [-0.2, -0.15) is 0 Å². The summed E-state index contributed by atoms with van der Waals surface area (Å²) in [6.45, 7) is 4.26. The molecule has 20 heavy (non-hydrogen) atoms. The largest absolute Gasteiger partial charge is 0.373 e. The second kappa shape index (κ2) is 6.90. The van der Waals surface area contributed by atoms with E-state index in [1.165, 1.54) is 4.88 Å². The highest BCUT2D eigenvalue weighted by molar-refractivity contribution is 7.16. The lowest BCUT2D eigenvalue weighted by molar-refractivity contribution is 0.860. The molecule has 0 aliphatic rings. The summed E-state index contributed by atoms with van der Waals surface area (Å²) in [6.07, 6.45) is 3.58. The molecular weight excluding hydrogens is 292 g/mol. The van der Waals surface area contributed by atoms with Crippen molar-refractivity contribution in [3.8, 4) is 0 Å². The minimum absolute atomic E-state index is 0.169. The number of nitrogens with zero attached hydrogens (tertiary/aromatic N) is 2. The number of halogens is 1. The topological polar surface area (TPSA) is 49.8 Å². The molecule has 0 saturated carbocycles. The first-order valence-electron chi connectivity index (χ1n) is 6.69. The van der Waals surface area contributed by atoms with Crippen molar-refractivity contribution in [1.29, 1.82) is 0 Å². The summed E-state index contributed by atoms with van der Waals surface area (Å²) in [5.74, 6) is 1.78. The minimum Gasteiger partial charge on any atom is -0.373 e. The van der Waals surface area contributed by atoms with Crippen molar-refractivity contribution in [2.24, 2.45) is 0 Å². The second-order valence-electron chi connectivity index (χ2n) is 4.56. The van der Waals surface area contributed by atoms with Crippen molar-refractivity contribution < 1.29 is 0 Å². The zero-order valence-electron chi connectivity index (χ0n) is 11.9. The third-order valence-corrected chi connectivity index (χ3v) is 4.47. The Morgan fingerprint density at radius 1 is 1.30 bits per heavy atom. The van der Waals surface area contributed by atoms with Gasteiger partial charge in [-0.25, -0.2) is 9.97 Å². The van der Waals surface area contributed by atoms with E-state index in [4.69, 9.17) is 11.6 Å². The van der Waals surface area contributed by atoms with Crippen molar-refractivity contribution >= 4 is 34.6 Å². The second-order valence-corrected chi connectivity index (χ2v) is 6.30. The Bertz CT molecular complexity index is 570. The third-order valence-electron chi connectivity index (χ3n) is 3.06. The van der Waals surface area contributed by atoms with Gasteiger partial charge in [0.15, 0.2) is 0 Å². The summed E-state index contributed by atoms with van der Waals surface area (Å²) >= 11 is 7.58. The van der Waals surface area contributed by atoms with Crippen molar-refractivity contribution in [2.75, 3.05) is 17.7 Å². The minimum atomic E-state index is 0.169. The van der Waals surface area contributed by atoms with Gasteiger partial charge < -0.3 is 10.6 Å². The highest BCUT2D eigenvalue weighted by Crippen LogP contribution is 2.30. The Hall–Kier alpha value is -1.33. The standard InChI is InChI=1S/C14H19ClN4S/c1-4-5-10-13(16-3)17-8-18-14(10)19-9(2)11-6-7-12(15)20-11/h6-9H,4-5H2,1-3H3,(H2,16,17,18,19). The molecule has 0 amide bonds. The molecule has 0 aromatic carbocycles. The Kier molecular flexibility index (Phi) is 5.20. The molecule has 0 bridgehead atoms. The van der Waals surface area contributed by atoms with Gasteiger partial charge >= 0.3 is 0 Å². The molecule has 6 heteroatoms. The van der Waals surface area contributed by atoms with Crippen LogP contribution in [0.15, 0.2) is 18.5 Å². The Balaban J connectivity index is 2.24. The lowest BCUT2D eigenvalue weighted by atomic mass is 10.1. The van der Waals surface area contributed by atoms with E-state index in [0.717, 1.165) is 34.4 Å². The van der Waals surface area contributed by atoms with E-state index in [1.54, 1.807) is 17.7 Å². The van der Waals surface area contributed by atoms with Gasteiger partial charge in [0.1, 0.15) is 18.0 Å². The van der Waals surface area contributed by atoms with Crippen LogP contribution in [0.3, 0.4) is 0 Å². The van der Waals surface area contributed by atoms with Crippen molar-refractivity contribution in [1.82, 2.24) is 9.97 Å². The predicted molar refractivity (Wildman–Crippen MR) is 86.9 cm³/mol. The van der Waals surface area contributed by atoms with Gasteiger partial charge in [0, 0.05) is 17.5 Å².